The third-order valence-electron chi connectivity index (χ3n) is 4.53. The number of carbonyl (C=O) groups is 2. The van der Waals surface area contributed by atoms with Gasteiger partial charge in [0.25, 0.3) is 5.91 Å². The smallest absolute Gasteiger partial charge is 0.254 e. The zero-order valence-corrected chi connectivity index (χ0v) is 16.2. The summed E-state index contributed by atoms with van der Waals surface area (Å²) >= 11 is 6.11. The van der Waals surface area contributed by atoms with Crippen molar-refractivity contribution in [2.24, 2.45) is 0 Å². The second-order valence-electron chi connectivity index (χ2n) is 6.56. The summed E-state index contributed by atoms with van der Waals surface area (Å²) < 4.78 is 13.8. The Hall–Kier alpha value is -2.64. The highest BCUT2D eigenvalue weighted by atomic mass is 35.5. The number of benzene rings is 2. The molecule has 0 aliphatic carbocycles. The molecule has 1 atom stereocenters. The summed E-state index contributed by atoms with van der Waals surface area (Å²) in [6.45, 7) is 4.87. The lowest BCUT2D eigenvalue weighted by atomic mass is 10.1. The van der Waals surface area contributed by atoms with E-state index < -0.39 is 23.7 Å². The first kappa shape index (κ1) is 20.1. The van der Waals surface area contributed by atoms with Gasteiger partial charge in [0.1, 0.15) is 11.9 Å². The highest BCUT2D eigenvalue weighted by Gasteiger charge is 2.21. The van der Waals surface area contributed by atoms with Gasteiger partial charge in [-0.05, 0) is 37.3 Å². The molecule has 1 heterocycles. The van der Waals surface area contributed by atoms with E-state index in [0.717, 1.165) is 31.9 Å². The van der Waals surface area contributed by atoms with Gasteiger partial charge in [0.05, 0.1) is 16.9 Å². The van der Waals surface area contributed by atoms with Gasteiger partial charge in [-0.25, -0.2) is 4.39 Å². The summed E-state index contributed by atoms with van der Waals surface area (Å²) in [7, 11) is 0. The van der Waals surface area contributed by atoms with Crippen LogP contribution < -0.4 is 20.9 Å². The van der Waals surface area contributed by atoms with Gasteiger partial charge in [-0.1, -0.05) is 23.7 Å². The minimum atomic E-state index is -0.859. The highest BCUT2D eigenvalue weighted by Crippen LogP contribution is 2.29. The Bertz CT molecular complexity index is 871. The quantitative estimate of drug-likeness (QED) is 0.716. The van der Waals surface area contributed by atoms with E-state index in [1.165, 1.54) is 18.2 Å². The fourth-order valence-corrected chi connectivity index (χ4v) is 3.19. The molecule has 2 aromatic carbocycles. The lowest BCUT2D eigenvalue weighted by Crippen LogP contribution is -2.44. The highest BCUT2D eigenvalue weighted by molar-refractivity contribution is 6.31. The van der Waals surface area contributed by atoms with Crippen molar-refractivity contribution in [3.05, 3.63) is 58.9 Å². The van der Waals surface area contributed by atoms with E-state index >= 15 is 0 Å². The van der Waals surface area contributed by atoms with Crippen molar-refractivity contribution in [1.82, 2.24) is 10.6 Å². The molecule has 3 N–H and O–H groups in total. The number of piperazine rings is 1. The second-order valence-corrected chi connectivity index (χ2v) is 7.00. The van der Waals surface area contributed by atoms with Crippen LogP contribution in [0.1, 0.15) is 17.3 Å². The molecule has 28 heavy (non-hydrogen) atoms. The van der Waals surface area contributed by atoms with Crippen molar-refractivity contribution in [2.45, 2.75) is 13.0 Å². The molecule has 1 aliphatic heterocycles. The number of halogens is 2. The van der Waals surface area contributed by atoms with E-state index in [1.54, 1.807) is 25.1 Å². The van der Waals surface area contributed by atoms with Crippen LogP contribution in [-0.4, -0.2) is 44.0 Å². The van der Waals surface area contributed by atoms with E-state index in [1.807, 2.05) is 6.07 Å². The Morgan fingerprint density at radius 3 is 2.61 bits per heavy atom. The van der Waals surface area contributed by atoms with Crippen molar-refractivity contribution in [3.8, 4) is 0 Å². The van der Waals surface area contributed by atoms with Crippen molar-refractivity contribution in [3.63, 3.8) is 0 Å². The normalized spacial score (nSPS) is 15.0. The third kappa shape index (κ3) is 4.79. The molecule has 148 valence electrons. The number of anilines is 2. The van der Waals surface area contributed by atoms with Gasteiger partial charge in [-0.15, -0.1) is 0 Å². The van der Waals surface area contributed by atoms with Crippen molar-refractivity contribution < 1.29 is 14.0 Å². The zero-order valence-electron chi connectivity index (χ0n) is 15.5. The zero-order chi connectivity index (χ0) is 20.1. The number of rotatable bonds is 5. The number of carbonyl (C=O) groups excluding carboxylic acids is 2. The van der Waals surface area contributed by atoms with E-state index in [-0.39, 0.29) is 5.56 Å². The number of hydrogen-bond donors (Lipinski definition) is 3. The van der Waals surface area contributed by atoms with Crippen LogP contribution in [-0.2, 0) is 4.79 Å². The fraction of sp³-hybridized carbons (Fsp3) is 0.300. The molecule has 1 fully saturated rings. The fourth-order valence-electron chi connectivity index (χ4n) is 3.02. The Balaban J connectivity index is 1.71. The van der Waals surface area contributed by atoms with Crippen LogP contribution in [0.3, 0.4) is 0 Å². The molecule has 2 amide bonds. The molecule has 2 aromatic rings. The molecule has 0 radical (unpaired) electrons. The molecule has 1 aliphatic rings. The first-order valence-electron chi connectivity index (χ1n) is 9.07. The summed E-state index contributed by atoms with van der Waals surface area (Å²) in [5.74, 6) is -1.69. The molecule has 6 nitrogen and oxygen atoms in total. The maximum atomic E-state index is 13.8. The minimum absolute atomic E-state index is 0.105. The number of amides is 2. The van der Waals surface area contributed by atoms with Crippen LogP contribution in [0.25, 0.3) is 0 Å². The maximum absolute atomic E-state index is 13.8. The van der Waals surface area contributed by atoms with Gasteiger partial charge in [-0.2, -0.15) is 0 Å². The van der Waals surface area contributed by atoms with Gasteiger partial charge >= 0.3 is 0 Å². The maximum Gasteiger partial charge on any atom is 0.254 e. The van der Waals surface area contributed by atoms with Crippen LogP contribution in [0, 0.1) is 5.82 Å². The minimum Gasteiger partial charge on any atom is -0.367 e. The Kier molecular flexibility index (Phi) is 6.49. The SMILES string of the molecule is CC(NC(=O)c1ccccc1F)C(=O)Nc1cc(Cl)ccc1N1CCNCC1. The lowest BCUT2D eigenvalue weighted by molar-refractivity contribution is -0.117. The Morgan fingerprint density at radius 1 is 1.18 bits per heavy atom. The predicted molar refractivity (Wildman–Crippen MR) is 108 cm³/mol. The Morgan fingerprint density at radius 2 is 1.89 bits per heavy atom. The molecule has 0 aromatic heterocycles. The van der Waals surface area contributed by atoms with Crippen LogP contribution in [0.2, 0.25) is 5.02 Å². The largest absolute Gasteiger partial charge is 0.367 e. The van der Waals surface area contributed by atoms with Crippen LogP contribution in [0.4, 0.5) is 15.8 Å². The van der Waals surface area contributed by atoms with Gasteiger partial charge in [0.15, 0.2) is 0 Å². The van der Waals surface area contributed by atoms with E-state index in [2.05, 4.69) is 20.9 Å². The van der Waals surface area contributed by atoms with E-state index in [9.17, 15) is 14.0 Å². The summed E-state index contributed by atoms with van der Waals surface area (Å²) in [5, 5.41) is 9.13. The van der Waals surface area contributed by atoms with Gasteiger partial charge in [0, 0.05) is 31.2 Å². The standard InChI is InChI=1S/C20H22ClFN4O2/c1-13(24-20(28)15-4-2-3-5-16(15)22)19(27)25-17-12-14(21)6-7-18(17)26-10-8-23-9-11-26/h2-7,12-13,23H,8-11H2,1H3,(H,24,28)(H,25,27). The van der Waals surface area contributed by atoms with Crippen LogP contribution in [0.5, 0.6) is 0 Å². The average molecular weight is 405 g/mol. The van der Waals surface area contributed by atoms with Crippen LogP contribution in [0.15, 0.2) is 42.5 Å². The van der Waals surface area contributed by atoms with Crippen LogP contribution >= 0.6 is 11.6 Å². The average Bonchev–Trinajstić information content (AvgIpc) is 2.69. The lowest BCUT2D eigenvalue weighted by Gasteiger charge is -2.31. The third-order valence-corrected chi connectivity index (χ3v) is 4.77. The number of hydrogen-bond acceptors (Lipinski definition) is 4. The summed E-state index contributed by atoms with van der Waals surface area (Å²) in [4.78, 5) is 27.0. The molecule has 1 unspecified atom stereocenters. The molecule has 0 spiro atoms. The summed E-state index contributed by atoms with van der Waals surface area (Å²) in [6, 6.07) is 10.1. The molecule has 0 saturated carbocycles. The Labute approximate surface area is 168 Å². The molecule has 1 saturated heterocycles. The van der Waals surface area contributed by atoms with Gasteiger partial charge in [-0.3, -0.25) is 9.59 Å². The van der Waals surface area contributed by atoms with Crippen molar-refractivity contribution >= 4 is 34.8 Å². The first-order valence-corrected chi connectivity index (χ1v) is 9.45. The molecule has 8 heteroatoms. The molecule has 0 bridgehead atoms. The van der Waals surface area contributed by atoms with Gasteiger partial charge in [0.2, 0.25) is 5.91 Å². The monoisotopic (exact) mass is 404 g/mol. The first-order chi connectivity index (χ1) is 13.5. The molecular weight excluding hydrogens is 383 g/mol. The second kappa shape index (κ2) is 9.03. The van der Waals surface area contributed by atoms with Gasteiger partial charge < -0.3 is 20.9 Å². The number of nitrogens with one attached hydrogen (secondary N) is 3. The summed E-state index contributed by atoms with van der Waals surface area (Å²) in [6.07, 6.45) is 0. The molecular formula is C20H22ClFN4O2. The van der Waals surface area contributed by atoms with E-state index in [0.29, 0.717) is 10.7 Å². The molecule has 3 rings (SSSR count). The summed E-state index contributed by atoms with van der Waals surface area (Å²) in [5.41, 5.74) is 1.34. The topological polar surface area (TPSA) is 73.5 Å². The predicted octanol–water partition coefficient (Wildman–Crippen LogP) is 2.65. The van der Waals surface area contributed by atoms with Crippen molar-refractivity contribution in [2.75, 3.05) is 36.4 Å². The van der Waals surface area contributed by atoms with Crippen molar-refractivity contribution in [1.29, 1.82) is 0 Å². The number of nitrogens with zero attached hydrogens (tertiary/aromatic N) is 1. The van der Waals surface area contributed by atoms with E-state index in [4.69, 9.17) is 11.6 Å².